The van der Waals surface area contributed by atoms with Gasteiger partial charge in [0.25, 0.3) is 0 Å². The number of likely N-dealkylation sites (N-methyl/N-ethyl adjacent to an activating group) is 1. The molecule has 1 aromatic carbocycles. The summed E-state index contributed by atoms with van der Waals surface area (Å²) in [7, 11) is 0. The Hall–Kier alpha value is -0.900. The average Bonchev–Trinajstić information content (AvgIpc) is 2.48. The molecule has 1 saturated heterocycles. The predicted molar refractivity (Wildman–Crippen MR) is 77.3 cm³/mol. The van der Waals surface area contributed by atoms with Gasteiger partial charge < -0.3 is 14.8 Å². The first kappa shape index (κ1) is 14.5. The third kappa shape index (κ3) is 4.94. The van der Waals surface area contributed by atoms with Crippen LogP contribution in [0, 0.1) is 0 Å². The highest BCUT2D eigenvalue weighted by Crippen LogP contribution is 2.16. The second-order valence-corrected chi connectivity index (χ2v) is 4.99. The normalized spacial score (nSPS) is 16.7. The number of ether oxygens (including phenoxy) is 2. The minimum absolute atomic E-state index is 0.371. The molecule has 1 aliphatic rings. The smallest absolute Gasteiger partial charge is 0.0723 e. The largest absolute Gasteiger partial charge is 0.381 e. The predicted octanol–water partition coefficient (Wildman–Crippen LogP) is 2.53. The Labute approximate surface area is 116 Å². The van der Waals surface area contributed by atoms with Crippen molar-refractivity contribution < 1.29 is 9.47 Å². The minimum atomic E-state index is 0.371. The Morgan fingerprint density at radius 1 is 1.21 bits per heavy atom. The molecule has 0 aliphatic carbocycles. The van der Waals surface area contributed by atoms with Crippen molar-refractivity contribution in [2.45, 2.75) is 38.9 Å². The molecule has 1 heterocycles. The molecule has 0 unspecified atom stereocenters. The lowest BCUT2D eigenvalue weighted by Gasteiger charge is -2.23. The van der Waals surface area contributed by atoms with Crippen molar-refractivity contribution in [2.75, 3.05) is 26.3 Å². The van der Waals surface area contributed by atoms with Gasteiger partial charge in [-0.1, -0.05) is 31.2 Å². The molecule has 3 heteroatoms. The molecule has 1 fully saturated rings. The van der Waals surface area contributed by atoms with E-state index in [0.29, 0.717) is 6.10 Å². The first-order chi connectivity index (χ1) is 9.40. The average molecular weight is 263 g/mol. The zero-order valence-corrected chi connectivity index (χ0v) is 11.9. The fourth-order valence-electron chi connectivity index (χ4n) is 2.39. The van der Waals surface area contributed by atoms with Gasteiger partial charge in [0, 0.05) is 13.2 Å². The summed E-state index contributed by atoms with van der Waals surface area (Å²) in [5.41, 5.74) is 2.72. The Morgan fingerprint density at radius 3 is 2.68 bits per heavy atom. The first-order valence-corrected chi connectivity index (χ1v) is 7.37. The zero-order valence-electron chi connectivity index (χ0n) is 11.9. The van der Waals surface area contributed by atoms with Gasteiger partial charge >= 0.3 is 0 Å². The SMILES string of the molecule is CCNCCc1ccccc1COC1CCOCC1. The van der Waals surface area contributed by atoms with Crippen LogP contribution in [-0.4, -0.2) is 32.4 Å². The van der Waals surface area contributed by atoms with Crippen LogP contribution in [0.4, 0.5) is 0 Å². The van der Waals surface area contributed by atoms with E-state index >= 15 is 0 Å². The summed E-state index contributed by atoms with van der Waals surface area (Å²) in [4.78, 5) is 0. The van der Waals surface area contributed by atoms with Crippen LogP contribution in [0.2, 0.25) is 0 Å². The molecule has 0 spiro atoms. The van der Waals surface area contributed by atoms with E-state index in [-0.39, 0.29) is 0 Å². The second kappa shape index (κ2) is 8.31. The van der Waals surface area contributed by atoms with Gasteiger partial charge in [0.15, 0.2) is 0 Å². The van der Waals surface area contributed by atoms with Crippen LogP contribution in [0.5, 0.6) is 0 Å². The van der Waals surface area contributed by atoms with Gasteiger partial charge in [0.05, 0.1) is 12.7 Å². The molecule has 0 bridgehead atoms. The highest BCUT2D eigenvalue weighted by Gasteiger charge is 2.14. The van der Waals surface area contributed by atoms with Gasteiger partial charge in [-0.25, -0.2) is 0 Å². The molecule has 0 amide bonds. The van der Waals surface area contributed by atoms with Crippen molar-refractivity contribution >= 4 is 0 Å². The van der Waals surface area contributed by atoms with Gasteiger partial charge in [-0.05, 0) is 43.5 Å². The fraction of sp³-hybridized carbons (Fsp3) is 0.625. The highest BCUT2D eigenvalue weighted by molar-refractivity contribution is 5.26. The van der Waals surface area contributed by atoms with Crippen LogP contribution >= 0.6 is 0 Å². The van der Waals surface area contributed by atoms with E-state index in [1.54, 1.807) is 0 Å². The fourth-order valence-corrected chi connectivity index (χ4v) is 2.39. The summed E-state index contributed by atoms with van der Waals surface area (Å²) >= 11 is 0. The highest BCUT2D eigenvalue weighted by atomic mass is 16.5. The summed E-state index contributed by atoms with van der Waals surface area (Å²) in [6, 6.07) is 8.60. The molecule has 0 radical (unpaired) electrons. The topological polar surface area (TPSA) is 30.5 Å². The van der Waals surface area contributed by atoms with Crippen molar-refractivity contribution in [3.8, 4) is 0 Å². The molecule has 1 aromatic rings. The Morgan fingerprint density at radius 2 is 1.95 bits per heavy atom. The number of rotatable bonds is 7. The van der Waals surface area contributed by atoms with E-state index in [1.807, 2.05) is 0 Å². The van der Waals surface area contributed by atoms with Crippen molar-refractivity contribution in [1.82, 2.24) is 5.32 Å². The number of benzene rings is 1. The van der Waals surface area contributed by atoms with Crippen LogP contribution in [0.3, 0.4) is 0 Å². The van der Waals surface area contributed by atoms with E-state index < -0.39 is 0 Å². The Bertz CT molecular complexity index is 362. The first-order valence-electron chi connectivity index (χ1n) is 7.37. The van der Waals surface area contributed by atoms with Crippen molar-refractivity contribution in [1.29, 1.82) is 0 Å². The van der Waals surface area contributed by atoms with Crippen LogP contribution < -0.4 is 5.32 Å². The maximum absolute atomic E-state index is 6.02. The van der Waals surface area contributed by atoms with Crippen molar-refractivity contribution in [3.05, 3.63) is 35.4 Å². The van der Waals surface area contributed by atoms with Crippen molar-refractivity contribution in [2.24, 2.45) is 0 Å². The number of hydrogen-bond acceptors (Lipinski definition) is 3. The quantitative estimate of drug-likeness (QED) is 0.767. The minimum Gasteiger partial charge on any atom is -0.381 e. The second-order valence-electron chi connectivity index (χ2n) is 4.99. The third-order valence-electron chi connectivity index (χ3n) is 3.58. The summed E-state index contributed by atoms with van der Waals surface area (Å²) in [6.45, 7) is 6.61. The maximum Gasteiger partial charge on any atom is 0.0723 e. The summed E-state index contributed by atoms with van der Waals surface area (Å²) in [6.07, 6.45) is 3.50. The molecule has 1 N–H and O–H groups in total. The van der Waals surface area contributed by atoms with Gasteiger partial charge in [0.2, 0.25) is 0 Å². The Kier molecular flexibility index (Phi) is 6.34. The molecular formula is C16H25NO2. The number of hydrogen-bond donors (Lipinski definition) is 1. The van der Waals surface area contributed by atoms with E-state index in [2.05, 4.69) is 36.5 Å². The van der Waals surface area contributed by atoms with E-state index in [0.717, 1.165) is 52.2 Å². The maximum atomic E-state index is 6.02. The monoisotopic (exact) mass is 263 g/mol. The lowest BCUT2D eigenvalue weighted by Crippen LogP contribution is -2.23. The summed E-state index contributed by atoms with van der Waals surface area (Å²) in [5, 5.41) is 3.37. The summed E-state index contributed by atoms with van der Waals surface area (Å²) < 4.78 is 11.4. The Balaban J connectivity index is 1.84. The molecule has 2 rings (SSSR count). The standard InChI is InChI=1S/C16H25NO2/c1-2-17-10-7-14-5-3-4-6-15(14)13-19-16-8-11-18-12-9-16/h3-6,16-17H,2,7-13H2,1H3. The van der Waals surface area contributed by atoms with Crippen LogP contribution in [0.25, 0.3) is 0 Å². The van der Waals surface area contributed by atoms with Gasteiger partial charge in [-0.3, -0.25) is 0 Å². The van der Waals surface area contributed by atoms with Gasteiger partial charge in [-0.2, -0.15) is 0 Å². The van der Waals surface area contributed by atoms with Gasteiger partial charge in [0.1, 0.15) is 0 Å². The van der Waals surface area contributed by atoms with E-state index in [4.69, 9.17) is 9.47 Å². The van der Waals surface area contributed by atoms with Gasteiger partial charge in [-0.15, -0.1) is 0 Å². The van der Waals surface area contributed by atoms with E-state index in [1.165, 1.54) is 11.1 Å². The lowest BCUT2D eigenvalue weighted by atomic mass is 10.0. The molecule has 3 nitrogen and oxygen atoms in total. The molecule has 0 aromatic heterocycles. The third-order valence-corrected chi connectivity index (χ3v) is 3.58. The molecule has 106 valence electrons. The summed E-state index contributed by atoms with van der Waals surface area (Å²) in [5.74, 6) is 0. The van der Waals surface area contributed by atoms with Crippen LogP contribution in [0.15, 0.2) is 24.3 Å². The molecular weight excluding hydrogens is 238 g/mol. The molecule has 1 aliphatic heterocycles. The van der Waals surface area contributed by atoms with E-state index in [9.17, 15) is 0 Å². The van der Waals surface area contributed by atoms with Crippen LogP contribution in [0.1, 0.15) is 30.9 Å². The lowest BCUT2D eigenvalue weighted by molar-refractivity contribution is -0.0392. The molecule has 19 heavy (non-hydrogen) atoms. The molecule has 0 atom stereocenters. The van der Waals surface area contributed by atoms with Crippen LogP contribution in [-0.2, 0) is 22.5 Å². The zero-order chi connectivity index (χ0) is 13.3. The molecule has 0 saturated carbocycles. The van der Waals surface area contributed by atoms with Crippen molar-refractivity contribution in [3.63, 3.8) is 0 Å². The number of nitrogens with one attached hydrogen (secondary N) is 1.